The van der Waals surface area contributed by atoms with Crippen molar-refractivity contribution in [3.05, 3.63) is 32.6 Å². The summed E-state index contributed by atoms with van der Waals surface area (Å²) in [5, 5.41) is 3.29. The van der Waals surface area contributed by atoms with Gasteiger partial charge >= 0.3 is 5.69 Å². The molecule has 2 saturated heterocycles. The van der Waals surface area contributed by atoms with Gasteiger partial charge in [-0.05, 0) is 0 Å². The molecule has 0 spiro atoms. The Labute approximate surface area is 114 Å². The van der Waals surface area contributed by atoms with E-state index >= 15 is 0 Å². The molecule has 0 unspecified atom stereocenters. The maximum absolute atomic E-state index is 12.1. The number of carbonyl (C=O) groups is 1. The van der Waals surface area contributed by atoms with E-state index in [9.17, 15) is 14.4 Å². The molecule has 2 fully saturated rings. The Morgan fingerprint density at radius 2 is 1.85 bits per heavy atom. The zero-order chi connectivity index (χ0) is 14.1. The summed E-state index contributed by atoms with van der Waals surface area (Å²) in [5.41, 5.74) is -1.16. The fourth-order valence-corrected chi connectivity index (χ4v) is 2.65. The second-order valence-corrected chi connectivity index (χ2v) is 5.15. The van der Waals surface area contributed by atoms with Crippen molar-refractivity contribution in [2.45, 2.75) is 6.04 Å². The van der Waals surface area contributed by atoms with E-state index in [2.05, 4.69) is 15.2 Å². The van der Waals surface area contributed by atoms with Crippen LogP contribution >= 0.6 is 0 Å². The van der Waals surface area contributed by atoms with Crippen molar-refractivity contribution in [2.24, 2.45) is 0 Å². The highest BCUT2D eigenvalue weighted by Crippen LogP contribution is 2.17. The van der Waals surface area contributed by atoms with Gasteiger partial charge in [0.05, 0.1) is 0 Å². The lowest BCUT2D eigenvalue weighted by Gasteiger charge is -2.46. The van der Waals surface area contributed by atoms with Crippen LogP contribution in [0, 0.1) is 0 Å². The highest BCUT2D eigenvalue weighted by atomic mass is 16.2. The first-order chi connectivity index (χ1) is 9.63. The molecule has 2 aliphatic rings. The topological polar surface area (TPSA) is 101 Å². The van der Waals surface area contributed by atoms with Gasteiger partial charge in [-0.2, -0.15) is 0 Å². The van der Waals surface area contributed by atoms with Gasteiger partial charge in [0.1, 0.15) is 5.69 Å². The minimum atomic E-state index is -0.653. The summed E-state index contributed by atoms with van der Waals surface area (Å²) in [6.07, 6.45) is 0. The maximum atomic E-state index is 12.1. The molecular weight excluding hydrogens is 262 g/mol. The van der Waals surface area contributed by atoms with Crippen LogP contribution in [0.4, 0.5) is 0 Å². The lowest BCUT2D eigenvalue weighted by Crippen LogP contribution is -2.64. The predicted molar refractivity (Wildman–Crippen MR) is 71.8 cm³/mol. The predicted octanol–water partition coefficient (Wildman–Crippen LogP) is -2.21. The lowest BCUT2D eigenvalue weighted by atomic mass is 10.1. The van der Waals surface area contributed by atoms with Gasteiger partial charge < -0.3 is 15.2 Å². The van der Waals surface area contributed by atoms with Gasteiger partial charge in [-0.1, -0.05) is 0 Å². The zero-order valence-electron chi connectivity index (χ0n) is 11.0. The normalized spacial score (nSPS) is 20.7. The number of rotatable bonds is 2. The van der Waals surface area contributed by atoms with Gasteiger partial charge in [0.15, 0.2) is 0 Å². The third kappa shape index (κ3) is 2.52. The molecule has 0 saturated carbocycles. The first-order valence-electron chi connectivity index (χ1n) is 6.71. The van der Waals surface area contributed by atoms with Gasteiger partial charge in [-0.3, -0.25) is 19.5 Å². The highest BCUT2D eigenvalue weighted by Gasteiger charge is 2.35. The minimum Gasteiger partial charge on any atom is -0.334 e. The Morgan fingerprint density at radius 1 is 1.15 bits per heavy atom. The van der Waals surface area contributed by atoms with Gasteiger partial charge in [-0.25, -0.2) is 4.79 Å². The summed E-state index contributed by atoms with van der Waals surface area (Å²) in [6, 6.07) is 1.51. The van der Waals surface area contributed by atoms with Crippen molar-refractivity contribution in [3.63, 3.8) is 0 Å². The van der Waals surface area contributed by atoms with E-state index in [-0.39, 0.29) is 11.6 Å². The van der Waals surface area contributed by atoms with Crippen molar-refractivity contribution in [1.82, 2.24) is 25.1 Å². The van der Waals surface area contributed by atoms with Crippen LogP contribution in [0.15, 0.2) is 15.7 Å². The molecular formula is C12H17N5O3. The molecule has 1 aromatic rings. The summed E-state index contributed by atoms with van der Waals surface area (Å²) < 4.78 is 0. The Hall–Kier alpha value is -1.93. The summed E-state index contributed by atoms with van der Waals surface area (Å²) in [5.74, 6) is -0.292. The third-order valence-electron chi connectivity index (χ3n) is 3.81. The monoisotopic (exact) mass is 279 g/mol. The van der Waals surface area contributed by atoms with Crippen LogP contribution in [0.25, 0.3) is 0 Å². The van der Waals surface area contributed by atoms with Crippen LogP contribution < -0.4 is 16.6 Å². The average molecular weight is 279 g/mol. The van der Waals surface area contributed by atoms with Crippen LogP contribution in [-0.2, 0) is 0 Å². The molecule has 1 aromatic heterocycles. The van der Waals surface area contributed by atoms with E-state index in [1.54, 1.807) is 4.90 Å². The van der Waals surface area contributed by atoms with E-state index in [1.165, 1.54) is 0 Å². The molecule has 3 N–H and O–H groups in total. The van der Waals surface area contributed by atoms with E-state index in [1.807, 2.05) is 4.98 Å². The van der Waals surface area contributed by atoms with Gasteiger partial charge in [0, 0.05) is 51.4 Å². The van der Waals surface area contributed by atoms with Crippen LogP contribution in [0.2, 0.25) is 0 Å². The van der Waals surface area contributed by atoms with Gasteiger partial charge in [-0.15, -0.1) is 0 Å². The quantitative estimate of drug-likeness (QED) is 0.570. The molecule has 20 heavy (non-hydrogen) atoms. The average Bonchev–Trinajstić information content (AvgIpc) is 2.37. The highest BCUT2D eigenvalue weighted by molar-refractivity contribution is 5.92. The van der Waals surface area contributed by atoms with E-state index in [0.717, 1.165) is 32.2 Å². The van der Waals surface area contributed by atoms with E-state index in [0.29, 0.717) is 19.1 Å². The molecule has 8 heteroatoms. The number of H-pyrrole nitrogens is 2. The van der Waals surface area contributed by atoms with Crippen LogP contribution in [-0.4, -0.2) is 71.0 Å². The standard InChI is InChI=1S/C12H17N5O3/c18-10-5-9(14-12(20)15-10)11(19)17-6-8(7-17)16-3-1-13-2-4-16/h5,8,13H,1-4,6-7H2,(H2,14,15,18,20). The Bertz CT molecular complexity index is 582. The number of hydrogen-bond donors (Lipinski definition) is 3. The minimum absolute atomic E-state index is 0.0533. The summed E-state index contributed by atoms with van der Waals surface area (Å²) >= 11 is 0. The fourth-order valence-electron chi connectivity index (χ4n) is 2.65. The number of amides is 1. The van der Waals surface area contributed by atoms with E-state index < -0.39 is 11.2 Å². The van der Waals surface area contributed by atoms with Crippen molar-refractivity contribution in [3.8, 4) is 0 Å². The molecule has 1 amide bonds. The van der Waals surface area contributed by atoms with E-state index in [4.69, 9.17) is 0 Å². The van der Waals surface area contributed by atoms with Crippen molar-refractivity contribution >= 4 is 5.91 Å². The van der Waals surface area contributed by atoms with Gasteiger partial charge in [0.25, 0.3) is 11.5 Å². The summed E-state index contributed by atoms with van der Waals surface area (Å²) in [4.78, 5) is 42.9. The SMILES string of the molecule is O=C(c1cc(=O)[nH]c(=O)[nH]1)N1CC(N2CCNCC2)C1. The number of hydrogen-bond acceptors (Lipinski definition) is 5. The number of likely N-dealkylation sites (tertiary alicyclic amines) is 1. The number of nitrogens with zero attached hydrogens (tertiary/aromatic N) is 2. The molecule has 0 aromatic carbocycles. The Balaban J connectivity index is 1.63. The van der Waals surface area contributed by atoms with Gasteiger partial charge in [0.2, 0.25) is 0 Å². The Morgan fingerprint density at radius 3 is 2.50 bits per heavy atom. The number of aromatic nitrogens is 2. The zero-order valence-corrected chi connectivity index (χ0v) is 11.0. The van der Waals surface area contributed by atoms with Crippen LogP contribution in [0.3, 0.4) is 0 Å². The van der Waals surface area contributed by atoms with Crippen molar-refractivity contribution in [2.75, 3.05) is 39.3 Å². The molecule has 0 radical (unpaired) electrons. The first kappa shape index (κ1) is 13.1. The molecule has 108 valence electrons. The molecule has 0 bridgehead atoms. The lowest BCUT2D eigenvalue weighted by molar-refractivity contribution is 0.0222. The molecule has 2 aliphatic heterocycles. The molecule has 0 atom stereocenters. The molecule has 8 nitrogen and oxygen atoms in total. The number of nitrogens with one attached hydrogen (secondary N) is 3. The smallest absolute Gasteiger partial charge is 0.326 e. The molecule has 3 heterocycles. The fraction of sp³-hybridized carbons (Fsp3) is 0.583. The molecule has 3 rings (SSSR count). The Kier molecular flexibility index (Phi) is 3.41. The third-order valence-corrected chi connectivity index (χ3v) is 3.81. The largest absolute Gasteiger partial charge is 0.334 e. The van der Waals surface area contributed by atoms with Crippen LogP contribution in [0.1, 0.15) is 10.5 Å². The number of piperazine rings is 1. The first-order valence-corrected chi connectivity index (χ1v) is 6.71. The van der Waals surface area contributed by atoms with Crippen LogP contribution in [0.5, 0.6) is 0 Å². The summed E-state index contributed by atoms with van der Waals surface area (Å²) in [6.45, 7) is 5.24. The van der Waals surface area contributed by atoms with Crippen molar-refractivity contribution < 1.29 is 4.79 Å². The number of aromatic amines is 2. The van der Waals surface area contributed by atoms with Crippen molar-refractivity contribution in [1.29, 1.82) is 0 Å². The maximum Gasteiger partial charge on any atom is 0.326 e. The molecule has 0 aliphatic carbocycles. The summed E-state index contributed by atoms with van der Waals surface area (Å²) in [7, 11) is 0. The second-order valence-electron chi connectivity index (χ2n) is 5.15. The second kappa shape index (κ2) is 5.22. The number of carbonyl (C=O) groups excluding carboxylic acids is 1.